The molecule has 0 saturated carbocycles. The van der Waals surface area contributed by atoms with E-state index < -0.39 is 0 Å². The summed E-state index contributed by atoms with van der Waals surface area (Å²) in [7, 11) is 0. The van der Waals surface area contributed by atoms with E-state index in [9.17, 15) is 0 Å². The van der Waals surface area contributed by atoms with E-state index in [0.717, 1.165) is 24.1 Å². The molecule has 15 heavy (non-hydrogen) atoms. The first-order valence-corrected chi connectivity index (χ1v) is 5.46. The van der Waals surface area contributed by atoms with Crippen LogP contribution in [0.5, 0.6) is 0 Å². The van der Waals surface area contributed by atoms with E-state index >= 15 is 0 Å². The second kappa shape index (κ2) is 4.64. The average molecular weight is 225 g/mol. The van der Waals surface area contributed by atoms with E-state index in [1.807, 2.05) is 13.0 Å². The lowest BCUT2D eigenvalue weighted by Crippen LogP contribution is -2.14. The fourth-order valence-electron chi connectivity index (χ4n) is 1.54. The molecule has 0 spiro atoms. The Balaban J connectivity index is 2.15. The Kier molecular flexibility index (Phi) is 3.23. The monoisotopic (exact) mass is 224 g/mol. The largest absolute Gasteiger partial charge is 0.441 e. The molecule has 0 aliphatic heterocycles. The number of aromatic nitrogens is 1. The highest BCUT2D eigenvalue weighted by atomic mass is 35.5. The molecule has 4 heteroatoms. The molecule has 0 amide bonds. The smallest absolute Gasteiger partial charge is 0.192 e. The maximum absolute atomic E-state index is 5.53. The highest BCUT2D eigenvalue weighted by Crippen LogP contribution is 2.16. The second-order valence-electron chi connectivity index (χ2n) is 3.42. The van der Waals surface area contributed by atoms with E-state index in [-0.39, 0.29) is 0 Å². The molecular formula is C11H13ClN2O. The lowest BCUT2D eigenvalue weighted by Gasteiger charge is -2.00. The molecule has 0 radical (unpaired) electrons. The summed E-state index contributed by atoms with van der Waals surface area (Å²) in [5.41, 5.74) is 3.02. The van der Waals surface area contributed by atoms with Crippen LogP contribution in [0.4, 0.5) is 0 Å². The number of benzene rings is 1. The Morgan fingerprint density at radius 1 is 1.47 bits per heavy atom. The lowest BCUT2D eigenvalue weighted by atomic mass is 10.1. The van der Waals surface area contributed by atoms with Crippen LogP contribution in [0, 0.1) is 6.92 Å². The SMILES string of the molecule is Cc1nc2cc(CCNCCl)ccc2o1. The van der Waals surface area contributed by atoms with E-state index in [2.05, 4.69) is 22.4 Å². The van der Waals surface area contributed by atoms with E-state index in [1.54, 1.807) is 0 Å². The maximum Gasteiger partial charge on any atom is 0.192 e. The van der Waals surface area contributed by atoms with Gasteiger partial charge in [0.1, 0.15) is 5.52 Å². The molecule has 0 fully saturated rings. The molecule has 1 aromatic carbocycles. The number of alkyl halides is 1. The first-order valence-electron chi connectivity index (χ1n) is 4.92. The molecule has 0 aliphatic rings. The Hall–Kier alpha value is -1.06. The van der Waals surface area contributed by atoms with Crippen LogP contribution >= 0.6 is 11.6 Å². The van der Waals surface area contributed by atoms with Crippen molar-refractivity contribution in [3.8, 4) is 0 Å². The van der Waals surface area contributed by atoms with Gasteiger partial charge in [0.25, 0.3) is 0 Å². The predicted octanol–water partition coefficient (Wildman–Crippen LogP) is 2.46. The van der Waals surface area contributed by atoms with Crippen molar-refractivity contribution in [3.63, 3.8) is 0 Å². The minimum absolute atomic E-state index is 0.491. The van der Waals surface area contributed by atoms with Gasteiger partial charge < -0.3 is 9.73 Å². The van der Waals surface area contributed by atoms with Crippen LogP contribution in [0.1, 0.15) is 11.5 Å². The molecule has 0 aliphatic carbocycles. The first kappa shape index (κ1) is 10.5. The summed E-state index contributed by atoms with van der Waals surface area (Å²) >= 11 is 5.53. The van der Waals surface area contributed by atoms with Crippen LogP contribution in [0.25, 0.3) is 11.1 Å². The lowest BCUT2D eigenvalue weighted by molar-refractivity contribution is 0.561. The summed E-state index contributed by atoms with van der Waals surface area (Å²) in [6.45, 7) is 2.74. The fraction of sp³-hybridized carbons (Fsp3) is 0.364. The van der Waals surface area contributed by atoms with Crippen LogP contribution in [-0.4, -0.2) is 17.5 Å². The van der Waals surface area contributed by atoms with Gasteiger partial charge in [0, 0.05) is 13.5 Å². The molecule has 2 aromatic rings. The summed E-state index contributed by atoms with van der Waals surface area (Å²) in [5, 5.41) is 3.07. The number of rotatable bonds is 4. The van der Waals surface area contributed by atoms with Crippen molar-refractivity contribution < 1.29 is 4.42 Å². The van der Waals surface area contributed by atoms with Crippen molar-refractivity contribution in [1.29, 1.82) is 0 Å². The number of aryl methyl sites for hydroxylation is 1. The van der Waals surface area contributed by atoms with Crippen LogP contribution in [0.3, 0.4) is 0 Å². The third kappa shape index (κ3) is 2.49. The van der Waals surface area contributed by atoms with E-state index in [4.69, 9.17) is 16.0 Å². The highest BCUT2D eigenvalue weighted by Gasteiger charge is 2.02. The third-order valence-corrected chi connectivity index (χ3v) is 2.43. The zero-order chi connectivity index (χ0) is 10.7. The molecule has 0 saturated heterocycles. The van der Waals surface area contributed by atoms with Gasteiger partial charge in [-0.1, -0.05) is 6.07 Å². The molecule has 1 heterocycles. The Bertz CT molecular complexity index is 453. The van der Waals surface area contributed by atoms with Crippen LogP contribution in [0.2, 0.25) is 0 Å². The fourth-order valence-corrected chi connectivity index (χ4v) is 1.68. The zero-order valence-electron chi connectivity index (χ0n) is 8.59. The van der Waals surface area contributed by atoms with Crippen molar-refractivity contribution in [3.05, 3.63) is 29.7 Å². The first-order chi connectivity index (χ1) is 7.29. The van der Waals surface area contributed by atoms with Crippen molar-refractivity contribution in [2.45, 2.75) is 13.3 Å². The number of nitrogens with one attached hydrogen (secondary N) is 1. The van der Waals surface area contributed by atoms with Crippen LogP contribution in [0.15, 0.2) is 22.6 Å². The van der Waals surface area contributed by atoms with Gasteiger partial charge in [0.15, 0.2) is 11.5 Å². The van der Waals surface area contributed by atoms with Crippen molar-refractivity contribution in [2.24, 2.45) is 0 Å². The zero-order valence-corrected chi connectivity index (χ0v) is 9.34. The number of hydrogen-bond donors (Lipinski definition) is 1. The Labute approximate surface area is 93.4 Å². The minimum Gasteiger partial charge on any atom is -0.441 e. The predicted molar refractivity (Wildman–Crippen MR) is 61.2 cm³/mol. The number of hydrogen-bond acceptors (Lipinski definition) is 3. The Morgan fingerprint density at radius 3 is 3.13 bits per heavy atom. The van der Waals surface area contributed by atoms with Crippen molar-refractivity contribution in [2.75, 3.05) is 12.5 Å². The average Bonchev–Trinajstić information content (AvgIpc) is 2.57. The summed E-state index contributed by atoms with van der Waals surface area (Å²) in [4.78, 5) is 4.29. The number of fused-ring (bicyclic) bond motifs is 1. The highest BCUT2D eigenvalue weighted by molar-refractivity contribution is 6.17. The molecule has 0 bridgehead atoms. The van der Waals surface area contributed by atoms with Crippen molar-refractivity contribution in [1.82, 2.24) is 10.3 Å². The Morgan fingerprint density at radius 2 is 2.33 bits per heavy atom. The standard InChI is InChI=1S/C11H13ClN2O/c1-8-14-10-6-9(4-5-13-7-12)2-3-11(10)15-8/h2-3,6,13H,4-5,7H2,1H3. The van der Waals surface area contributed by atoms with Crippen LogP contribution in [-0.2, 0) is 6.42 Å². The molecule has 0 unspecified atom stereocenters. The molecule has 1 aromatic heterocycles. The van der Waals surface area contributed by atoms with Gasteiger partial charge in [-0.3, -0.25) is 0 Å². The summed E-state index contributed by atoms with van der Waals surface area (Å²) < 4.78 is 5.40. The number of oxazole rings is 1. The second-order valence-corrected chi connectivity index (χ2v) is 3.69. The molecule has 1 N–H and O–H groups in total. The van der Waals surface area contributed by atoms with E-state index in [1.165, 1.54) is 5.56 Å². The van der Waals surface area contributed by atoms with Gasteiger partial charge in [-0.2, -0.15) is 0 Å². The van der Waals surface area contributed by atoms with E-state index in [0.29, 0.717) is 11.9 Å². The van der Waals surface area contributed by atoms with Gasteiger partial charge in [0.2, 0.25) is 0 Å². The topological polar surface area (TPSA) is 38.1 Å². The quantitative estimate of drug-likeness (QED) is 0.493. The molecule has 80 valence electrons. The summed E-state index contributed by atoms with van der Waals surface area (Å²) in [5.74, 6) is 0.709. The third-order valence-electron chi connectivity index (χ3n) is 2.24. The van der Waals surface area contributed by atoms with Crippen molar-refractivity contribution >= 4 is 22.7 Å². The summed E-state index contributed by atoms with van der Waals surface area (Å²) in [6.07, 6.45) is 0.953. The number of halogens is 1. The van der Waals surface area contributed by atoms with Gasteiger partial charge in [-0.15, -0.1) is 11.6 Å². The maximum atomic E-state index is 5.53. The molecular weight excluding hydrogens is 212 g/mol. The number of nitrogens with zero attached hydrogens (tertiary/aromatic N) is 1. The van der Waals surface area contributed by atoms with Gasteiger partial charge >= 0.3 is 0 Å². The summed E-state index contributed by atoms with van der Waals surface area (Å²) in [6, 6.07) is 6.57. The van der Waals surface area contributed by atoms with Gasteiger partial charge in [-0.05, 0) is 24.1 Å². The van der Waals surface area contributed by atoms with Gasteiger partial charge in [0.05, 0.1) is 6.00 Å². The molecule has 3 nitrogen and oxygen atoms in total. The molecule has 0 atom stereocenters. The normalized spacial score (nSPS) is 11.1. The van der Waals surface area contributed by atoms with Crippen LogP contribution < -0.4 is 5.32 Å². The molecule has 2 rings (SSSR count). The van der Waals surface area contributed by atoms with Gasteiger partial charge in [-0.25, -0.2) is 4.98 Å². The minimum atomic E-state index is 0.491.